The van der Waals surface area contributed by atoms with Gasteiger partial charge in [0.2, 0.25) is 0 Å². The second-order valence-corrected chi connectivity index (χ2v) is 5.09. The first-order chi connectivity index (χ1) is 6.93. The Hall–Kier alpha value is -1.06. The average Bonchev–Trinajstić information content (AvgIpc) is 2.83. The van der Waals surface area contributed by atoms with Crippen molar-refractivity contribution in [3.63, 3.8) is 0 Å². The minimum Gasteiger partial charge on any atom is -0.465 e. The van der Waals surface area contributed by atoms with Crippen molar-refractivity contribution in [3.05, 3.63) is 0 Å². The number of carbonyl (C=O) groups excluding carboxylic acids is 1. The fourth-order valence-corrected chi connectivity index (χ4v) is 1.96. The Morgan fingerprint density at radius 1 is 1.60 bits per heavy atom. The summed E-state index contributed by atoms with van der Waals surface area (Å²) in [5.41, 5.74) is -0.522. The number of hydrogen-bond acceptors (Lipinski definition) is 2. The van der Waals surface area contributed by atoms with Crippen molar-refractivity contribution in [2.75, 3.05) is 0 Å². The Morgan fingerprint density at radius 3 is 2.60 bits per heavy atom. The van der Waals surface area contributed by atoms with Crippen LogP contribution in [0.25, 0.3) is 0 Å². The highest BCUT2D eigenvalue weighted by Crippen LogP contribution is 2.36. The molecule has 1 aliphatic rings. The minimum absolute atomic E-state index is 0.0145. The normalized spacial score (nSPS) is 18.3. The number of nitrogens with one attached hydrogen (secondary N) is 1. The highest BCUT2D eigenvalue weighted by Gasteiger charge is 2.30. The Kier molecular flexibility index (Phi) is 3.72. The number of amides is 1. The van der Waals surface area contributed by atoms with Crippen molar-refractivity contribution >= 4 is 12.4 Å². The van der Waals surface area contributed by atoms with Gasteiger partial charge >= 0.3 is 6.09 Å². The van der Waals surface area contributed by atoms with Gasteiger partial charge < -0.3 is 15.2 Å². The minimum atomic E-state index is -1.03. The maximum absolute atomic E-state index is 10.9. The molecule has 1 saturated carbocycles. The Bertz CT molecular complexity index is 246. The van der Waals surface area contributed by atoms with Crippen LogP contribution < -0.4 is 5.32 Å². The summed E-state index contributed by atoms with van der Waals surface area (Å²) in [5.74, 6) is 0.681. The van der Waals surface area contributed by atoms with Gasteiger partial charge in [0.1, 0.15) is 6.29 Å². The van der Waals surface area contributed by atoms with E-state index >= 15 is 0 Å². The highest BCUT2D eigenvalue weighted by molar-refractivity contribution is 5.65. The fourth-order valence-electron chi connectivity index (χ4n) is 1.96. The molecule has 0 aromatic heterocycles. The maximum atomic E-state index is 10.9. The van der Waals surface area contributed by atoms with E-state index in [0.717, 1.165) is 12.7 Å². The zero-order valence-electron chi connectivity index (χ0n) is 9.32. The molecule has 0 bridgehead atoms. The first kappa shape index (κ1) is 12.0. The lowest BCUT2D eigenvalue weighted by atomic mass is 9.88. The summed E-state index contributed by atoms with van der Waals surface area (Å²) in [6.45, 7) is 3.62. The highest BCUT2D eigenvalue weighted by atomic mass is 16.4. The summed E-state index contributed by atoms with van der Waals surface area (Å²) in [7, 11) is 0. The molecule has 4 nitrogen and oxygen atoms in total. The van der Waals surface area contributed by atoms with Crippen LogP contribution in [-0.2, 0) is 4.79 Å². The molecule has 1 rings (SSSR count). The molecular weight excluding hydrogens is 194 g/mol. The van der Waals surface area contributed by atoms with Crippen molar-refractivity contribution in [3.8, 4) is 0 Å². The van der Waals surface area contributed by atoms with Crippen LogP contribution in [0.2, 0.25) is 0 Å². The molecule has 15 heavy (non-hydrogen) atoms. The van der Waals surface area contributed by atoms with Gasteiger partial charge in [-0.15, -0.1) is 0 Å². The molecule has 0 spiro atoms. The molecule has 0 saturated heterocycles. The molecule has 1 amide bonds. The Labute approximate surface area is 90.0 Å². The van der Waals surface area contributed by atoms with Gasteiger partial charge in [0.15, 0.2) is 0 Å². The molecular formula is C11H19NO3. The van der Waals surface area contributed by atoms with Gasteiger partial charge in [0, 0.05) is 11.5 Å². The third-order valence-corrected chi connectivity index (χ3v) is 2.74. The lowest BCUT2D eigenvalue weighted by Crippen LogP contribution is -2.44. The molecule has 2 N–H and O–H groups in total. The van der Waals surface area contributed by atoms with Gasteiger partial charge in [-0.3, -0.25) is 0 Å². The Morgan fingerprint density at radius 2 is 2.20 bits per heavy atom. The van der Waals surface area contributed by atoms with E-state index in [1.807, 2.05) is 13.8 Å². The SMILES string of the molecule is CC(C)(C[C@@H](C=O)CC1CC1)NC(=O)O. The van der Waals surface area contributed by atoms with E-state index < -0.39 is 11.6 Å². The second-order valence-electron chi connectivity index (χ2n) is 5.09. The van der Waals surface area contributed by atoms with Crippen molar-refractivity contribution < 1.29 is 14.7 Å². The van der Waals surface area contributed by atoms with Crippen LogP contribution in [0.4, 0.5) is 4.79 Å². The van der Waals surface area contributed by atoms with Gasteiger partial charge in [-0.25, -0.2) is 4.79 Å². The first-order valence-electron chi connectivity index (χ1n) is 5.39. The maximum Gasteiger partial charge on any atom is 0.405 e. The van der Waals surface area contributed by atoms with Crippen LogP contribution in [0.15, 0.2) is 0 Å². The smallest absolute Gasteiger partial charge is 0.405 e. The van der Waals surface area contributed by atoms with Crippen LogP contribution in [0.5, 0.6) is 0 Å². The molecule has 0 aromatic carbocycles. The van der Waals surface area contributed by atoms with Crippen LogP contribution in [0.1, 0.15) is 39.5 Å². The third-order valence-electron chi connectivity index (χ3n) is 2.74. The third kappa shape index (κ3) is 4.81. The predicted octanol–water partition coefficient (Wildman–Crippen LogP) is 2.04. The van der Waals surface area contributed by atoms with E-state index in [1.165, 1.54) is 12.8 Å². The summed E-state index contributed by atoms with van der Waals surface area (Å²) >= 11 is 0. The van der Waals surface area contributed by atoms with E-state index in [2.05, 4.69) is 5.32 Å². The lowest BCUT2D eigenvalue weighted by Gasteiger charge is -2.27. The number of carbonyl (C=O) groups is 2. The van der Waals surface area contributed by atoms with E-state index in [-0.39, 0.29) is 5.92 Å². The fraction of sp³-hybridized carbons (Fsp3) is 0.818. The molecule has 1 aliphatic carbocycles. The number of carboxylic acid groups (broad SMARTS) is 1. The average molecular weight is 213 g/mol. The molecule has 0 aromatic rings. The summed E-state index contributed by atoms with van der Waals surface area (Å²) < 4.78 is 0. The first-order valence-corrected chi connectivity index (χ1v) is 5.39. The number of rotatable bonds is 6. The molecule has 0 heterocycles. The summed E-state index contributed by atoms with van der Waals surface area (Å²) in [5, 5.41) is 11.1. The lowest BCUT2D eigenvalue weighted by molar-refractivity contribution is -0.112. The summed E-state index contributed by atoms with van der Waals surface area (Å²) in [6, 6.07) is 0. The molecule has 0 unspecified atom stereocenters. The molecule has 86 valence electrons. The van der Waals surface area contributed by atoms with Gasteiger partial charge in [0.05, 0.1) is 0 Å². The summed E-state index contributed by atoms with van der Waals surface area (Å²) in [4.78, 5) is 21.4. The number of aldehydes is 1. The van der Waals surface area contributed by atoms with Gasteiger partial charge in [-0.1, -0.05) is 12.8 Å². The molecule has 0 aliphatic heterocycles. The van der Waals surface area contributed by atoms with E-state index in [4.69, 9.17) is 5.11 Å². The quantitative estimate of drug-likeness (QED) is 0.663. The van der Waals surface area contributed by atoms with E-state index in [9.17, 15) is 9.59 Å². The molecule has 1 atom stereocenters. The van der Waals surface area contributed by atoms with Gasteiger partial charge in [-0.05, 0) is 32.6 Å². The Balaban J connectivity index is 2.40. The van der Waals surface area contributed by atoms with Crippen LogP contribution in [0, 0.1) is 11.8 Å². The van der Waals surface area contributed by atoms with Gasteiger partial charge in [-0.2, -0.15) is 0 Å². The van der Waals surface area contributed by atoms with E-state index in [0.29, 0.717) is 12.3 Å². The van der Waals surface area contributed by atoms with Crippen LogP contribution in [-0.4, -0.2) is 23.0 Å². The molecule has 4 heteroatoms. The van der Waals surface area contributed by atoms with Crippen molar-refractivity contribution in [2.45, 2.75) is 45.1 Å². The van der Waals surface area contributed by atoms with Crippen molar-refractivity contribution in [1.29, 1.82) is 0 Å². The summed E-state index contributed by atoms with van der Waals surface area (Å²) in [6.07, 6.45) is 3.86. The van der Waals surface area contributed by atoms with Gasteiger partial charge in [0.25, 0.3) is 0 Å². The second kappa shape index (κ2) is 4.64. The largest absolute Gasteiger partial charge is 0.465 e. The van der Waals surface area contributed by atoms with Crippen LogP contribution in [0.3, 0.4) is 0 Å². The van der Waals surface area contributed by atoms with Crippen molar-refractivity contribution in [1.82, 2.24) is 5.32 Å². The molecule has 1 fully saturated rings. The standard InChI is InChI=1S/C11H19NO3/c1-11(2,12-10(14)15)6-9(7-13)5-8-3-4-8/h7-9,12H,3-6H2,1-2H3,(H,14,15)/t9-/m0/s1. The zero-order chi connectivity index (χ0) is 11.5. The monoisotopic (exact) mass is 213 g/mol. The molecule has 0 radical (unpaired) electrons. The van der Waals surface area contributed by atoms with Crippen LogP contribution >= 0.6 is 0 Å². The van der Waals surface area contributed by atoms with Crippen molar-refractivity contribution in [2.24, 2.45) is 11.8 Å². The number of hydrogen-bond donors (Lipinski definition) is 2. The zero-order valence-corrected chi connectivity index (χ0v) is 9.32. The predicted molar refractivity (Wildman–Crippen MR) is 56.8 cm³/mol. The van der Waals surface area contributed by atoms with E-state index in [1.54, 1.807) is 0 Å². The topological polar surface area (TPSA) is 66.4 Å².